The van der Waals surface area contributed by atoms with E-state index in [1.807, 2.05) is 0 Å². The molecule has 0 saturated carbocycles. The largest absolute Gasteiger partial charge is 0.370 e. The van der Waals surface area contributed by atoms with Crippen molar-refractivity contribution in [2.45, 2.75) is 57.0 Å². The van der Waals surface area contributed by atoms with Gasteiger partial charge >= 0.3 is 0 Å². The second-order valence-corrected chi connectivity index (χ2v) is 11.6. The molecule has 6 rings (SSSR count). The Hall–Kier alpha value is -3.26. The number of benzene rings is 1. The summed E-state index contributed by atoms with van der Waals surface area (Å²) >= 11 is 7.64. The van der Waals surface area contributed by atoms with Crippen LogP contribution in [-0.2, 0) is 37.6 Å². The molecule has 0 unspecified atom stereocenters. The minimum absolute atomic E-state index is 0.0106. The first-order chi connectivity index (χ1) is 17.7. The molecule has 3 aliphatic heterocycles. The van der Waals surface area contributed by atoms with Gasteiger partial charge in [-0.25, -0.2) is 4.90 Å². The lowest BCUT2D eigenvalue weighted by molar-refractivity contribution is -0.130. The first-order valence-electron chi connectivity index (χ1n) is 12.3. The molecule has 2 saturated heterocycles. The highest BCUT2D eigenvalue weighted by atomic mass is 35.5. The van der Waals surface area contributed by atoms with Crippen LogP contribution in [0.1, 0.15) is 52.8 Å². The third-order valence-corrected chi connectivity index (χ3v) is 9.94. The van der Waals surface area contributed by atoms with Gasteiger partial charge in [0.25, 0.3) is 0 Å². The number of amides is 4. The van der Waals surface area contributed by atoms with Crippen molar-refractivity contribution < 1.29 is 19.2 Å². The average molecular weight is 538 g/mol. The summed E-state index contributed by atoms with van der Waals surface area (Å²) in [5.41, 5.74) is 6.91. The summed E-state index contributed by atoms with van der Waals surface area (Å²) < 4.78 is 0. The Labute approximate surface area is 221 Å². The smallest absolute Gasteiger partial charge is 0.250 e. The van der Waals surface area contributed by atoms with Gasteiger partial charge in [0.2, 0.25) is 23.6 Å². The number of anilines is 2. The molecule has 4 heterocycles. The molecule has 4 aliphatic rings. The molecular weight excluding hydrogens is 514 g/mol. The minimum atomic E-state index is -1.51. The van der Waals surface area contributed by atoms with Gasteiger partial charge in [-0.1, -0.05) is 17.7 Å². The molecule has 9 nitrogen and oxygen atoms in total. The van der Waals surface area contributed by atoms with Crippen LogP contribution < -0.4 is 21.3 Å². The van der Waals surface area contributed by atoms with Crippen LogP contribution in [0.2, 0.25) is 5.02 Å². The van der Waals surface area contributed by atoms with Crippen molar-refractivity contribution in [3.8, 4) is 6.07 Å². The number of rotatable bonds is 4. The Bertz CT molecular complexity index is 1460. The van der Waals surface area contributed by atoms with Crippen molar-refractivity contribution in [3.05, 3.63) is 44.3 Å². The number of aryl methyl sites for hydroxylation is 1. The number of carbonyl (C=O) groups is 4. The molecule has 4 amide bonds. The molecule has 0 bridgehead atoms. The number of nitriles is 1. The van der Waals surface area contributed by atoms with Crippen molar-refractivity contribution in [3.63, 3.8) is 0 Å². The quantitative estimate of drug-likeness (QED) is 0.511. The van der Waals surface area contributed by atoms with Gasteiger partial charge in [-0.05, 0) is 56.2 Å². The highest BCUT2D eigenvalue weighted by Crippen LogP contribution is 2.56. The molecule has 190 valence electrons. The molecule has 11 heteroatoms. The summed E-state index contributed by atoms with van der Waals surface area (Å²) in [5.74, 6) is -3.91. The number of fused-ring (bicyclic) bond motifs is 5. The maximum atomic E-state index is 14.2. The Kier molecular flexibility index (Phi) is 5.46. The van der Waals surface area contributed by atoms with Crippen LogP contribution >= 0.6 is 22.9 Å². The van der Waals surface area contributed by atoms with Gasteiger partial charge in [-0.15, -0.1) is 11.3 Å². The van der Waals surface area contributed by atoms with Gasteiger partial charge in [-0.3, -0.25) is 24.5 Å². The summed E-state index contributed by atoms with van der Waals surface area (Å²) in [4.78, 5) is 55.7. The lowest BCUT2D eigenvalue weighted by atomic mass is 9.76. The van der Waals surface area contributed by atoms with Gasteiger partial charge in [0.1, 0.15) is 16.6 Å². The first kappa shape index (κ1) is 24.1. The molecule has 1 aromatic carbocycles. The third kappa shape index (κ3) is 3.17. The fraction of sp³-hybridized carbons (Fsp3) is 0.423. The summed E-state index contributed by atoms with van der Waals surface area (Å²) in [6, 6.07) is 4.96. The Morgan fingerprint density at radius 1 is 1.27 bits per heavy atom. The topological polar surface area (TPSA) is 145 Å². The van der Waals surface area contributed by atoms with Crippen LogP contribution in [0.15, 0.2) is 12.1 Å². The SMILES string of the molecule is Cc1c(Cl)ccc2c1NC(=O)[C@]21N[C@H](CCC(N)=O)[C@H]2C(=O)N(c3sc4c(c3C#N)CCCC4)C(=O)[C@H]21. The lowest BCUT2D eigenvalue weighted by Crippen LogP contribution is -2.53. The van der Waals surface area contributed by atoms with E-state index in [0.29, 0.717) is 32.4 Å². The molecule has 4 atom stereocenters. The van der Waals surface area contributed by atoms with Crippen molar-refractivity contribution in [1.82, 2.24) is 5.32 Å². The third-order valence-electron chi connectivity index (χ3n) is 8.25. The Balaban J connectivity index is 1.51. The number of primary amides is 1. The van der Waals surface area contributed by atoms with Crippen LogP contribution in [-0.4, -0.2) is 29.7 Å². The minimum Gasteiger partial charge on any atom is -0.370 e. The van der Waals surface area contributed by atoms with E-state index in [0.717, 1.165) is 41.0 Å². The summed E-state index contributed by atoms with van der Waals surface area (Å²) in [7, 11) is 0. The van der Waals surface area contributed by atoms with E-state index in [1.165, 1.54) is 11.3 Å². The van der Waals surface area contributed by atoms with Crippen molar-refractivity contribution in [2.24, 2.45) is 17.6 Å². The van der Waals surface area contributed by atoms with E-state index in [-0.39, 0.29) is 12.8 Å². The molecule has 1 spiro atoms. The predicted octanol–water partition coefficient (Wildman–Crippen LogP) is 2.65. The number of hydrogen-bond donors (Lipinski definition) is 3. The van der Waals surface area contributed by atoms with Crippen molar-refractivity contribution in [1.29, 1.82) is 5.26 Å². The van der Waals surface area contributed by atoms with Gasteiger partial charge in [0.15, 0.2) is 0 Å². The van der Waals surface area contributed by atoms with E-state index in [1.54, 1.807) is 19.1 Å². The highest BCUT2D eigenvalue weighted by Gasteiger charge is 2.71. The summed E-state index contributed by atoms with van der Waals surface area (Å²) in [6.07, 6.45) is 3.66. The van der Waals surface area contributed by atoms with Gasteiger partial charge < -0.3 is 11.1 Å². The number of nitrogens with two attached hydrogens (primary N) is 1. The zero-order valence-electron chi connectivity index (χ0n) is 20.0. The average Bonchev–Trinajstić information content (AvgIpc) is 3.56. The van der Waals surface area contributed by atoms with E-state index in [4.69, 9.17) is 17.3 Å². The van der Waals surface area contributed by atoms with Crippen LogP contribution in [0.25, 0.3) is 0 Å². The molecule has 1 aliphatic carbocycles. The molecule has 1 aromatic heterocycles. The molecule has 4 N–H and O–H groups in total. The second kappa shape index (κ2) is 8.38. The van der Waals surface area contributed by atoms with Crippen LogP contribution in [0, 0.1) is 30.1 Å². The maximum Gasteiger partial charge on any atom is 0.250 e. The number of hydrogen-bond acceptors (Lipinski definition) is 7. The zero-order valence-corrected chi connectivity index (χ0v) is 21.6. The summed E-state index contributed by atoms with van der Waals surface area (Å²) in [6.45, 7) is 1.78. The van der Waals surface area contributed by atoms with Crippen molar-refractivity contribution in [2.75, 3.05) is 10.2 Å². The number of nitrogens with one attached hydrogen (secondary N) is 2. The fourth-order valence-corrected chi connectivity index (χ4v) is 8.07. The summed E-state index contributed by atoms with van der Waals surface area (Å²) in [5, 5.41) is 17.0. The zero-order chi connectivity index (χ0) is 26.2. The monoisotopic (exact) mass is 537 g/mol. The van der Waals surface area contributed by atoms with Crippen LogP contribution in [0.5, 0.6) is 0 Å². The van der Waals surface area contributed by atoms with E-state index < -0.39 is 47.0 Å². The molecule has 2 aromatic rings. The van der Waals surface area contributed by atoms with Crippen LogP contribution in [0.4, 0.5) is 10.7 Å². The van der Waals surface area contributed by atoms with Gasteiger partial charge in [0, 0.05) is 27.9 Å². The number of thiophene rings is 1. The number of imide groups is 1. The normalized spacial score (nSPS) is 27.8. The second-order valence-electron chi connectivity index (χ2n) is 10.1. The molecular formula is C26H24ClN5O4S. The number of carbonyl (C=O) groups excluding carboxylic acids is 4. The fourth-order valence-electron chi connectivity index (χ4n) is 6.56. The predicted molar refractivity (Wildman–Crippen MR) is 137 cm³/mol. The Morgan fingerprint density at radius 3 is 2.76 bits per heavy atom. The van der Waals surface area contributed by atoms with Gasteiger partial charge in [-0.2, -0.15) is 5.26 Å². The standard InChI is InChI=1S/C26H24ClN5O4S/c1-11-15(27)7-6-14-21(11)30-25(36)26(14)20-19(16(31-26)8-9-18(29)33)22(34)32(23(20)35)24-13(10-28)12-4-2-3-5-17(12)37-24/h6-7,16,19-20,31H,2-5,8-9H2,1H3,(H2,29,33)(H,30,36)/t16-,19-,20+,26+/m1/s1. The maximum absolute atomic E-state index is 14.2. The van der Waals surface area contributed by atoms with Crippen LogP contribution in [0.3, 0.4) is 0 Å². The first-order valence-corrected chi connectivity index (χ1v) is 13.5. The van der Waals surface area contributed by atoms with E-state index in [9.17, 15) is 24.4 Å². The van der Waals surface area contributed by atoms with Crippen molar-refractivity contribution >= 4 is 57.3 Å². The number of nitrogens with zero attached hydrogens (tertiary/aromatic N) is 2. The Morgan fingerprint density at radius 2 is 2.03 bits per heavy atom. The number of halogens is 1. The van der Waals surface area contributed by atoms with E-state index >= 15 is 0 Å². The highest BCUT2D eigenvalue weighted by molar-refractivity contribution is 7.17. The van der Waals surface area contributed by atoms with E-state index in [2.05, 4.69) is 16.7 Å². The molecule has 37 heavy (non-hydrogen) atoms. The molecule has 2 fully saturated rings. The molecule has 0 radical (unpaired) electrons. The van der Waals surface area contributed by atoms with Gasteiger partial charge in [0.05, 0.1) is 23.1 Å². The lowest BCUT2D eigenvalue weighted by Gasteiger charge is -2.29.